The fraction of sp³-hybridized carbons (Fsp3) is 0.0256. The molecule has 41 heavy (non-hydrogen) atoms. The largest absolute Gasteiger partial charge is 0.397 e. The van der Waals surface area contributed by atoms with E-state index in [2.05, 4.69) is 157 Å². The van der Waals surface area contributed by atoms with E-state index in [9.17, 15) is 0 Å². The summed E-state index contributed by atoms with van der Waals surface area (Å²) in [4.78, 5) is 2.30. The normalized spacial score (nSPS) is 11.1. The first-order chi connectivity index (χ1) is 20.2. The number of para-hydroxylation sites is 1. The molecular formula is C39H30N2. The van der Waals surface area contributed by atoms with E-state index in [1.54, 1.807) is 0 Å². The van der Waals surface area contributed by atoms with Crippen molar-refractivity contribution in [1.29, 1.82) is 0 Å². The Morgan fingerprint density at radius 1 is 0.463 bits per heavy atom. The number of anilines is 3. The number of nitrogen functional groups attached to an aromatic ring is 1. The van der Waals surface area contributed by atoms with Gasteiger partial charge in [0.05, 0.1) is 11.4 Å². The lowest BCUT2D eigenvalue weighted by Crippen LogP contribution is -2.17. The molecule has 0 unspecified atom stereocenters. The molecule has 196 valence electrons. The van der Waals surface area contributed by atoms with Crippen LogP contribution in [0.5, 0.6) is 0 Å². The van der Waals surface area contributed by atoms with Crippen molar-refractivity contribution >= 4 is 38.6 Å². The molecule has 0 bridgehead atoms. The topological polar surface area (TPSA) is 29.3 Å². The molecule has 0 saturated heterocycles. The molecule has 2 heteroatoms. The highest BCUT2D eigenvalue weighted by molar-refractivity contribution is 5.98. The van der Waals surface area contributed by atoms with E-state index >= 15 is 0 Å². The Balaban J connectivity index is 1.24. The number of hydrogen-bond donors (Lipinski definition) is 1. The van der Waals surface area contributed by atoms with Gasteiger partial charge in [0.2, 0.25) is 0 Å². The number of hydrogen-bond acceptors (Lipinski definition) is 2. The second kappa shape index (κ2) is 10.7. The Hall–Kier alpha value is -5.34. The minimum absolute atomic E-state index is 0.706. The molecule has 0 atom stereocenters. The van der Waals surface area contributed by atoms with Crippen molar-refractivity contribution in [3.63, 3.8) is 0 Å². The van der Waals surface area contributed by atoms with Crippen LogP contribution in [0.3, 0.4) is 0 Å². The highest BCUT2D eigenvalue weighted by atomic mass is 15.1. The van der Waals surface area contributed by atoms with E-state index in [4.69, 9.17) is 5.73 Å². The molecule has 2 nitrogen and oxygen atoms in total. The quantitative estimate of drug-likeness (QED) is 0.218. The Bertz CT molecular complexity index is 1960. The molecule has 7 aromatic carbocycles. The SMILES string of the molecule is Nc1cc(-c2cccc3ccccc23)ccc1N(Cc1ccc(-c2cccc3ccccc23)cc1)c1ccccc1. The maximum absolute atomic E-state index is 6.81. The van der Waals surface area contributed by atoms with E-state index in [1.807, 2.05) is 6.07 Å². The van der Waals surface area contributed by atoms with Gasteiger partial charge in [-0.05, 0) is 73.6 Å². The molecule has 0 fully saturated rings. The Kier molecular flexibility index (Phi) is 6.42. The Morgan fingerprint density at radius 2 is 1.00 bits per heavy atom. The van der Waals surface area contributed by atoms with E-state index < -0.39 is 0 Å². The van der Waals surface area contributed by atoms with Crippen LogP contribution < -0.4 is 10.6 Å². The van der Waals surface area contributed by atoms with Crippen LogP contribution in [-0.2, 0) is 6.54 Å². The van der Waals surface area contributed by atoms with Gasteiger partial charge in [-0.3, -0.25) is 0 Å². The molecule has 0 spiro atoms. The maximum Gasteiger partial charge on any atom is 0.0648 e. The van der Waals surface area contributed by atoms with Crippen molar-refractivity contribution in [1.82, 2.24) is 0 Å². The van der Waals surface area contributed by atoms with Gasteiger partial charge in [-0.2, -0.15) is 0 Å². The number of rotatable bonds is 6. The molecular weight excluding hydrogens is 496 g/mol. The van der Waals surface area contributed by atoms with Gasteiger partial charge in [-0.15, -0.1) is 0 Å². The van der Waals surface area contributed by atoms with E-state index in [0.29, 0.717) is 6.54 Å². The number of nitrogens with two attached hydrogens (primary N) is 1. The standard InChI is InChI=1S/C39H30N2/c40-38-26-32(37-19-9-13-30-11-5-7-17-35(30)37)24-25-39(38)41(33-14-2-1-3-15-33)27-28-20-22-31(23-21-28)36-18-8-12-29-10-4-6-16-34(29)36/h1-26H,27,40H2. The van der Waals surface area contributed by atoms with Crippen LogP contribution >= 0.6 is 0 Å². The third-order valence-electron chi connectivity index (χ3n) is 7.88. The second-order valence-electron chi connectivity index (χ2n) is 10.4. The van der Waals surface area contributed by atoms with Crippen molar-refractivity contribution in [2.45, 2.75) is 6.54 Å². The van der Waals surface area contributed by atoms with Gasteiger partial charge in [-0.25, -0.2) is 0 Å². The molecule has 0 radical (unpaired) electrons. The third kappa shape index (κ3) is 4.81. The minimum atomic E-state index is 0.706. The average Bonchev–Trinajstić information content (AvgIpc) is 3.04. The summed E-state index contributed by atoms with van der Waals surface area (Å²) >= 11 is 0. The molecule has 0 aliphatic carbocycles. The first kappa shape index (κ1) is 24.7. The van der Waals surface area contributed by atoms with Crippen LogP contribution in [-0.4, -0.2) is 0 Å². The lowest BCUT2D eigenvalue weighted by atomic mass is 9.97. The van der Waals surface area contributed by atoms with Gasteiger partial charge < -0.3 is 10.6 Å². The molecule has 7 rings (SSSR count). The van der Waals surface area contributed by atoms with Gasteiger partial charge in [0, 0.05) is 12.2 Å². The molecule has 0 amide bonds. The van der Waals surface area contributed by atoms with E-state index in [0.717, 1.165) is 22.6 Å². The van der Waals surface area contributed by atoms with Gasteiger partial charge >= 0.3 is 0 Å². The van der Waals surface area contributed by atoms with Crippen LogP contribution in [0, 0.1) is 0 Å². The van der Waals surface area contributed by atoms with Crippen LogP contribution in [0.2, 0.25) is 0 Å². The summed E-state index contributed by atoms with van der Waals surface area (Å²) in [6.45, 7) is 0.706. The maximum atomic E-state index is 6.81. The van der Waals surface area contributed by atoms with Crippen molar-refractivity contribution in [2.75, 3.05) is 10.6 Å². The van der Waals surface area contributed by atoms with Crippen LogP contribution in [0.4, 0.5) is 17.1 Å². The average molecular weight is 527 g/mol. The predicted octanol–water partition coefficient (Wildman–Crippen LogP) is 10.2. The second-order valence-corrected chi connectivity index (χ2v) is 10.4. The zero-order chi connectivity index (χ0) is 27.6. The van der Waals surface area contributed by atoms with Crippen LogP contribution in [0.15, 0.2) is 158 Å². The van der Waals surface area contributed by atoms with Gasteiger partial charge in [0.15, 0.2) is 0 Å². The zero-order valence-electron chi connectivity index (χ0n) is 22.7. The van der Waals surface area contributed by atoms with Crippen molar-refractivity contribution in [3.8, 4) is 22.3 Å². The first-order valence-electron chi connectivity index (χ1n) is 14.0. The minimum Gasteiger partial charge on any atom is -0.397 e. The summed E-state index contributed by atoms with van der Waals surface area (Å²) in [7, 11) is 0. The highest BCUT2D eigenvalue weighted by Crippen LogP contribution is 2.37. The van der Waals surface area contributed by atoms with Crippen LogP contribution in [0.1, 0.15) is 5.56 Å². The summed E-state index contributed by atoms with van der Waals surface area (Å²) in [5.74, 6) is 0. The fourth-order valence-corrected chi connectivity index (χ4v) is 5.82. The van der Waals surface area contributed by atoms with Crippen molar-refractivity contribution < 1.29 is 0 Å². The predicted molar refractivity (Wildman–Crippen MR) is 175 cm³/mol. The Morgan fingerprint density at radius 3 is 1.63 bits per heavy atom. The molecule has 0 saturated carbocycles. The summed E-state index contributed by atoms with van der Waals surface area (Å²) in [5, 5.41) is 4.98. The fourth-order valence-electron chi connectivity index (χ4n) is 5.82. The number of nitrogens with zero attached hydrogens (tertiary/aromatic N) is 1. The summed E-state index contributed by atoms with van der Waals surface area (Å²) in [6.07, 6.45) is 0. The first-order valence-corrected chi connectivity index (χ1v) is 14.0. The summed E-state index contributed by atoms with van der Waals surface area (Å²) < 4.78 is 0. The third-order valence-corrected chi connectivity index (χ3v) is 7.88. The number of benzene rings is 7. The summed E-state index contributed by atoms with van der Waals surface area (Å²) in [5.41, 5.74) is 15.7. The molecule has 0 aliphatic rings. The van der Waals surface area contributed by atoms with Crippen molar-refractivity contribution in [3.05, 3.63) is 163 Å². The van der Waals surface area contributed by atoms with E-state index in [1.165, 1.54) is 43.8 Å². The van der Waals surface area contributed by atoms with Crippen LogP contribution in [0.25, 0.3) is 43.8 Å². The number of fused-ring (bicyclic) bond motifs is 2. The van der Waals surface area contributed by atoms with Gasteiger partial charge in [0.25, 0.3) is 0 Å². The van der Waals surface area contributed by atoms with Crippen molar-refractivity contribution in [2.24, 2.45) is 0 Å². The monoisotopic (exact) mass is 526 g/mol. The lowest BCUT2D eigenvalue weighted by Gasteiger charge is -2.27. The molecule has 7 aromatic rings. The molecule has 0 aliphatic heterocycles. The summed E-state index contributed by atoms with van der Waals surface area (Å²) in [6, 6.07) is 55.8. The highest BCUT2D eigenvalue weighted by Gasteiger charge is 2.15. The Labute approximate surface area is 240 Å². The smallest absolute Gasteiger partial charge is 0.0648 e. The lowest BCUT2D eigenvalue weighted by molar-refractivity contribution is 0.977. The van der Waals surface area contributed by atoms with Gasteiger partial charge in [0.1, 0.15) is 0 Å². The molecule has 0 aromatic heterocycles. The van der Waals surface area contributed by atoms with E-state index in [-0.39, 0.29) is 0 Å². The van der Waals surface area contributed by atoms with Gasteiger partial charge in [-0.1, -0.05) is 133 Å². The molecule has 2 N–H and O–H groups in total. The zero-order valence-corrected chi connectivity index (χ0v) is 22.7. The molecule has 0 heterocycles.